The zero-order valence-electron chi connectivity index (χ0n) is 11.7. The zero-order valence-corrected chi connectivity index (χ0v) is 11.7. The third kappa shape index (κ3) is 3.90. The van der Waals surface area contributed by atoms with Crippen molar-refractivity contribution in [3.63, 3.8) is 0 Å². The molecule has 1 aromatic rings. The summed E-state index contributed by atoms with van der Waals surface area (Å²) in [6.45, 7) is 2.29. The summed E-state index contributed by atoms with van der Waals surface area (Å²) < 4.78 is 0. The van der Waals surface area contributed by atoms with Gasteiger partial charge in [-0.2, -0.15) is 0 Å². The van der Waals surface area contributed by atoms with Crippen molar-refractivity contribution in [3.05, 3.63) is 29.8 Å². The summed E-state index contributed by atoms with van der Waals surface area (Å²) in [5.74, 6) is 1.79. The number of hydrogen-bond acceptors (Lipinski definition) is 0. The fraction of sp³-hybridized carbons (Fsp3) is 0.647. The van der Waals surface area contributed by atoms with Gasteiger partial charge in [0.15, 0.2) is 0 Å². The van der Waals surface area contributed by atoms with E-state index in [0.29, 0.717) is 0 Å². The van der Waals surface area contributed by atoms with E-state index in [-0.39, 0.29) is 0 Å². The van der Waals surface area contributed by atoms with Crippen molar-refractivity contribution in [2.75, 3.05) is 0 Å². The number of rotatable bonds is 5. The topological polar surface area (TPSA) is 0 Å². The Balaban J connectivity index is 1.77. The molecule has 0 unspecified atom stereocenters. The first kappa shape index (κ1) is 13.7. The van der Waals surface area contributed by atoms with Crippen LogP contribution in [-0.4, -0.2) is 7.85 Å². The average Bonchev–Trinajstić information content (AvgIpc) is 2.41. The Morgan fingerprint density at radius 2 is 1.67 bits per heavy atom. The Hall–Kier alpha value is -0.715. The second kappa shape index (κ2) is 7.02. The molecule has 0 aromatic heterocycles. The molecule has 2 radical (unpaired) electrons. The summed E-state index contributed by atoms with van der Waals surface area (Å²) in [7, 11) is 5.75. The van der Waals surface area contributed by atoms with E-state index in [2.05, 4.69) is 19.1 Å². The van der Waals surface area contributed by atoms with Crippen molar-refractivity contribution in [1.82, 2.24) is 0 Å². The third-order valence-electron chi connectivity index (χ3n) is 4.47. The molecule has 0 saturated heterocycles. The maximum absolute atomic E-state index is 5.75. The molecule has 1 aliphatic rings. The van der Waals surface area contributed by atoms with E-state index >= 15 is 0 Å². The molecule has 0 bridgehead atoms. The van der Waals surface area contributed by atoms with Crippen LogP contribution in [0.15, 0.2) is 24.3 Å². The molecule has 1 saturated carbocycles. The summed E-state index contributed by atoms with van der Waals surface area (Å²) in [4.78, 5) is 0. The van der Waals surface area contributed by atoms with E-state index in [4.69, 9.17) is 7.85 Å². The van der Waals surface area contributed by atoms with Crippen molar-refractivity contribution < 1.29 is 0 Å². The highest BCUT2D eigenvalue weighted by molar-refractivity contribution is 6.32. The zero-order chi connectivity index (χ0) is 12.8. The first-order valence-corrected chi connectivity index (χ1v) is 7.65. The normalized spacial score (nSPS) is 24.1. The van der Waals surface area contributed by atoms with Gasteiger partial charge in [0.25, 0.3) is 0 Å². The van der Waals surface area contributed by atoms with E-state index < -0.39 is 0 Å². The molecule has 2 rings (SSSR count). The standard InChI is InChI=1S/C17H25B/c1-2-3-4-5-14-6-8-15(9-7-14)16-10-12-17(18)13-11-16/h10-15H,2-9H2,1H3. The van der Waals surface area contributed by atoms with Crippen molar-refractivity contribution in [2.45, 2.75) is 64.2 Å². The predicted octanol–water partition coefficient (Wildman–Crippen LogP) is 4.33. The minimum Gasteiger partial charge on any atom is -0.0967 e. The Morgan fingerprint density at radius 3 is 2.28 bits per heavy atom. The quantitative estimate of drug-likeness (QED) is 0.530. The first-order chi connectivity index (χ1) is 8.79. The van der Waals surface area contributed by atoms with E-state index in [9.17, 15) is 0 Å². The van der Waals surface area contributed by atoms with Crippen LogP contribution in [0.25, 0.3) is 0 Å². The van der Waals surface area contributed by atoms with E-state index in [1.807, 2.05) is 12.1 Å². The van der Waals surface area contributed by atoms with E-state index in [0.717, 1.165) is 17.3 Å². The van der Waals surface area contributed by atoms with Crippen molar-refractivity contribution in [2.24, 2.45) is 5.92 Å². The molecular weight excluding hydrogens is 215 g/mol. The SMILES string of the molecule is [B]c1ccc(C2CCC(CCCCC)CC2)cc1. The van der Waals surface area contributed by atoms with Crippen LogP contribution in [0.3, 0.4) is 0 Å². The van der Waals surface area contributed by atoms with Gasteiger partial charge in [-0.05, 0) is 43.1 Å². The van der Waals surface area contributed by atoms with Gasteiger partial charge in [0, 0.05) is 0 Å². The van der Waals surface area contributed by atoms with Gasteiger partial charge in [-0.15, -0.1) is 0 Å². The Bertz CT molecular complexity index is 333. The molecule has 0 nitrogen and oxygen atoms in total. The van der Waals surface area contributed by atoms with E-state index in [1.54, 1.807) is 0 Å². The molecular formula is C17H25B. The highest BCUT2D eigenvalue weighted by Crippen LogP contribution is 2.37. The molecule has 1 heteroatoms. The lowest BCUT2D eigenvalue weighted by Crippen LogP contribution is -2.14. The molecule has 0 atom stereocenters. The average molecular weight is 240 g/mol. The van der Waals surface area contributed by atoms with Gasteiger partial charge in [-0.1, -0.05) is 62.3 Å². The lowest BCUT2D eigenvalue weighted by molar-refractivity contribution is 0.303. The third-order valence-corrected chi connectivity index (χ3v) is 4.47. The first-order valence-electron chi connectivity index (χ1n) is 7.65. The molecule has 1 fully saturated rings. The van der Waals surface area contributed by atoms with E-state index in [1.165, 1.54) is 56.9 Å². The maximum atomic E-state index is 5.75. The fourth-order valence-electron chi connectivity index (χ4n) is 3.24. The molecule has 96 valence electrons. The second-order valence-electron chi connectivity index (χ2n) is 5.88. The minimum absolute atomic E-state index is 0.785. The highest BCUT2D eigenvalue weighted by atomic mass is 14.3. The molecule has 1 aromatic carbocycles. The molecule has 0 amide bonds. The molecule has 1 aliphatic carbocycles. The maximum Gasteiger partial charge on any atom is 0.113 e. The van der Waals surface area contributed by atoms with Crippen molar-refractivity contribution >= 4 is 13.3 Å². The van der Waals surface area contributed by atoms with Gasteiger partial charge >= 0.3 is 0 Å². The van der Waals surface area contributed by atoms with Crippen LogP contribution in [0.5, 0.6) is 0 Å². The van der Waals surface area contributed by atoms with Gasteiger partial charge in [0.2, 0.25) is 0 Å². The molecule has 0 spiro atoms. The smallest absolute Gasteiger partial charge is 0.0967 e. The largest absolute Gasteiger partial charge is 0.113 e. The summed E-state index contributed by atoms with van der Waals surface area (Å²) >= 11 is 0. The van der Waals surface area contributed by atoms with Crippen molar-refractivity contribution in [3.8, 4) is 0 Å². The van der Waals surface area contributed by atoms with Gasteiger partial charge in [0.05, 0.1) is 0 Å². The second-order valence-corrected chi connectivity index (χ2v) is 5.88. The Kier molecular flexibility index (Phi) is 5.34. The fourth-order valence-corrected chi connectivity index (χ4v) is 3.24. The molecule has 0 aliphatic heterocycles. The summed E-state index contributed by atoms with van der Waals surface area (Å²) in [6.07, 6.45) is 11.3. The van der Waals surface area contributed by atoms with Gasteiger partial charge in [-0.3, -0.25) is 0 Å². The van der Waals surface area contributed by atoms with Crippen LogP contribution in [-0.2, 0) is 0 Å². The van der Waals surface area contributed by atoms with Crippen LogP contribution < -0.4 is 5.46 Å². The Morgan fingerprint density at radius 1 is 1.00 bits per heavy atom. The molecule has 18 heavy (non-hydrogen) atoms. The van der Waals surface area contributed by atoms with Crippen LogP contribution in [0, 0.1) is 5.92 Å². The lowest BCUT2D eigenvalue weighted by Gasteiger charge is -2.29. The number of unbranched alkanes of at least 4 members (excludes halogenated alkanes) is 2. The summed E-state index contributed by atoms with van der Waals surface area (Å²) in [5, 5.41) is 0. The number of benzene rings is 1. The van der Waals surface area contributed by atoms with Gasteiger partial charge in [0.1, 0.15) is 7.85 Å². The van der Waals surface area contributed by atoms with Gasteiger partial charge < -0.3 is 0 Å². The highest BCUT2D eigenvalue weighted by Gasteiger charge is 2.21. The van der Waals surface area contributed by atoms with Crippen LogP contribution >= 0.6 is 0 Å². The summed E-state index contributed by atoms with van der Waals surface area (Å²) in [6, 6.07) is 8.53. The Labute approximate surface area is 114 Å². The number of hydrogen-bond donors (Lipinski definition) is 0. The molecule has 0 N–H and O–H groups in total. The lowest BCUT2D eigenvalue weighted by atomic mass is 9.76. The van der Waals surface area contributed by atoms with Crippen molar-refractivity contribution in [1.29, 1.82) is 0 Å². The van der Waals surface area contributed by atoms with Crippen LogP contribution in [0.4, 0.5) is 0 Å². The summed E-state index contributed by atoms with van der Waals surface area (Å²) in [5.41, 5.74) is 2.38. The van der Waals surface area contributed by atoms with Gasteiger partial charge in [-0.25, -0.2) is 0 Å². The minimum atomic E-state index is 0.785. The predicted molar refractivity (Wildman–Crippen MR) is 80.7 cm³/mol. The van der Waals surface area contributed by atoms with Crippen LogP contribution in [0.1, 0.15) is 69.8 Å². The van der Waals surface area contributed by atoms with Crippen LogP contribution in [0.2, 0.25) is 0 Å². The molecule has 0 heterocycles. The monoisotopic (exact) mass is 240 g/mol.